The van der Waals surface area contributed by atoms with Gasteiger partial charge in [0.15, 0.2) is 0 Å². The number of nitrogens with zero attached hydrogens (tertiary/aromatic N) is 2. The highest BCUT2D eigenvalue weighted by Gasteiger charge is 2.39. The Morgan fingerprint density at radius 2 is 2.08 bits per heavy atom. The van der Waals surface area contributed by atoms with Crippen molar-refractivity contribution in [3.63, 3.8) is 0 Å². The van der Waals surface area contributed by atoms with Crippen LogP contribution >= 0.6 is 0 Å². The Kier molecular flexibility index (Phi) is 4.24. The summed E-state index contributed by atoms with van der Waals surface area (Å²) < 4.78 is 0. The zero-order valence-corrected chi connectivity index (χ0v) is 14.5. The second kappa shape index (κ2) is 6.54. The number of carbonyl (C=O) groups excluding carboxylic acids is 2. The third-order valence-electron chi connectivity index (χ3n) is 5.53. The number of rotatable bonds is 4. The SMILES string of the molecule is CC1CC1C(=O)Nc1cccc(CC2N=NC(=O)C3=C2CCCC3)c1. The summed E-state index contributed by atoms with van der Waals surface area (Å²) in [4.78, 5) is 24.1. The molecular weight excluding hydrogens is 314 g/mol. The first kappa shape index (κ1) is 16.2. The lowest BCUT2D eigenvalue weighted by atomic mass is 9.84. The van der Waals surface area contributed by atoms with Gasteiger partial charge in [-0.1, -0.05) is 19.1 Å². The Morgan fingerprint density at radius 3 is 2.88 bits per heavy atom. The zero-order chi connectivity index (χ0) is 17.4. The first-order valence-electron chi connectivity index (χ1n) is 9.18. The highest BCUT2D eigenvalue weighted by atomic mass is 16.2. The van der Waals surface area contributed by atoms with Crippen LogP contribution in [0.4, 0.5) is 5.69 Å². The van der Waals surface area contributed by atoms with Crippen LogP contribution in [0.2, 0.25) is 0 Å². The predicted octanol–water partition coefficient (Wildman–Crippen LogP) is 4.06. The Bertz CT molecular complexity index is 781. The van der Waals surface area contributed by atoms with Gasteiger partial charge in [-0.05, 0) is 61.3 Å². The van der Waals surface area contributed by atoms with E-state index in [-0.39, 0.29) is 23.8 Å². The second-order valence-electron chi connectivity index (χ2n) is 7.46. The van der Waals surface area contributed by atoms with E-state index in [0.29, 0.717) is 5.92 Å². The molecule has 5 heteroatoms. The fourth-order valence-corrected chi connectivity index (χ4v) is 3.88. The van der Waals surface area contributed by atoms with Gasteiger partial charge in [-0.3, -0.25) is 9.59 Å². The molecule has 3 aliphatic rings. The number of benzene rings is 1. The molecule has 1 N–H and O–H groups in total. The van der Waals surface area contributed by atoms with Crippen molar-refractivity contribution in [3.8, 4) is 0 Å². The highest BCUT2D eigenvalue weighted by Crippen LogP contribution is 2.38. The van der Waals surface area contributed by atoms with Crippen molar-refractivity contribution in [1.29, 1.82) is 0 Å². The van der Waals surface area contributed by atoms with E-state index in [1.807, 2.05) is 24.3 Å². The Labute approximate surface area is 147 Å². The van der Waals surface area contributed by atoms with E-state index in [1.54, 1.807) is 0 Å². The molecule has 2 aliphatic carbocycles. The maximum absolute atomic E-state index is 12.1. The van der Waals surface area contributed by atoms with Gasteiger partial charge in [0.2, 0.25) is 5.91 Å². The van der Waals surface area contributed by atoms with Crippen molar-refractivity contribution in [2.75, 3.05) is 5.32 Å². The van der Waals surface area contributed by atoms with Crippen molar-refractivity contribution in [3.05, 3.63) is 41.0 Å². The van der Waals surface area contributed by atoms with Gasteiger partial charge in [0.25, 0.3) is 5.91 Å². The van der Waals surface area contributed by atoms with Crippen LogP contribution in [-0.4, -0.2) is 17.9 Å². The van der Waals surface area contributed by atoms with Crippen LogP contribution in [0.25, 0.3) is 0 Å². The van der Waals surface area contributed by atoms with E-state index in [4.69, 9.17) is 0 Å². The normalized spacial score (nSPS) is 27.9. The van der Waals surface area contributed by atoms with Gasteiger partial charge in [-0.2, -0.15) is 5.11 Å². The molecule has 1 aromatic rings. The number of amides is 2. The summed E-state index contributed by atoms with van der Waals surface area (Å²) in [6.07, 6.45) is 5.67. The largest absolute Gasteiger partial charge is 0.326 e. The van der Waals surface area contributed by atoms with Gasteiger partial charge in [-0.25, -0.2) is 0 Å². The minimum absolute atomic E-state index is 0.0394. The van der Waals surface area contributed by atoms with Gasteiger partial charge in [-0.15, -0.1) is 5.11 Å². The van der Waals surface area contributed by atoms with Crippen LogP contribution in [0, 0.1) is 11.8 Å². The van der Waals surface area contributed by atoms with E-state index in [0.717, 1.165) is 55.3 Å². The molecular formula is C20H23N3O2. The number of azo groups is 1. The predicted molar refractivity (Wildman–Crippen MR) is 95.2 cm³/mol. The summed E-state index contributed by atoms with van der Waals surface area (Å²) in [7, 11) is 0. The molecule has 0 saturated heterocycles. The molecule has 4 rings (SSSR count). The molecule has 5 nitrogen and oxygen atoms in total. The molecule has 1 saturated carbocycles. The standard InChI is InChI=1S/C20H23N3O2/c1-12-9-17(12)19(24)21-14-6-4-5-13(10-14)11-18-15-7-2-3-8-16(15)20(25)23-22-18/h4-6,10,12,17-18H,2-3,7-9,11H2,1H3,(H,21,24). The molecule has 2 amide bonds. The maximum atomic E-state index is 12.1. The summed E-state index contributed by atoms with van der Waals surface area (Å²) in [5, 5.41) is 11.1. The minimum atomic E-state index is -0.148. The average Bonchev–Trinajstić information content (AvgIpc) is 3.35. The molecule has 25 heavy (non-hydrogen) atoms. The minimum Gasteiger partial charge on any atom is -0.326 e. The Hall–Kier alpha value is -2.30. The number of hydrogen-bond donors (Lipinski definition) is 1. The molecule has 3 atom stereocenters. The van der Waals surface area contributed by atoms with E-state index in [1.165, 1.54) is 5.57 Å². The van der Waals surface area contributed by atoms with Crippen molar-refractivity contribution in [2.24, 2.45) is 22.1 Å². The van der Waals surface area contributed by atoms with Crippen molar-refractivity contribution >= 4 is 17.5 Å². The fraction of sp³-hybridized carbons (Fsp3) is 0.500. The van der Waals surface area contributed by atoms with Crippen molar-refractivity contribution in [1.82, 2.24) is 0 Å². The monoisotopic (exact) mass is 337 g/mol. The smallest absolute Gasteiger partial charge is 0.291 e. The van der Waals surface area contributed by atoms with Gasteiger partial charge in [0.05, 0.1) is 6.04 Å². The fourth-order valence-electron chi connectivity index (χ4n) is 3.88. The van der Waals surface area contributed by atoms with Crippen LogP contribution in [0.3, 0.4) is 0 Å². The molecule has 1 aliphatic heterocycles. The van der Waals surface area contributed by atoms with Crippen LogP contribution < -0.4 is 5.32 Å². The molecule has 0 bridgehead atoms. The summed E-state index contributed by atoms with van der Waals surface area (Å²) in [5.41, 5.74) is 4.01. The number of carbonyl (C=O) groups is 2. The molecule has 130 valence electrons. The molecule has 1 aromatic carbocycles. The molecule has 0 radical (unpaired) electrons. The molecule has 1 fully saturated rings. The molecule has 0 aromatic heterocycles. The topological polar surface area (TPSA) is 70.9 Å². The van der Waals surface area contributed by atoms with Gasteiger partial charge >= 0.3 is 0 Å². The Balaban J connectivity index is 1.48. The summed E-state index contributed by atoms with van der Waals surface area (Å²) in [6, 6.07) is 7.90. The summed E-state index contributed by atoms with van der Waals surface area (Å²) in [6.45, 7) is 2.10. The van der Waals surface area contributed by atoms with Crippen molar-refractivity contribution in [2.45, 2.75) is 51.5 Å². The van der Waals surface area contributed by atoms with Gasteiger partial charge in [0, 0.05) is 23.6 Å². The Morgan fingerprint density at radius 1 is 1.28 bits per heavy atom. The number of hydrogen-bond acceptors (Lipinski definition) is 3. The van der Waals surface area contributed by atoms with Crippen molar-refractivity contribution < 1.29 is 9.59 Å². The lowest BCUT2D eigenvalue weighted by molar-refractivity contribution is -0.117. The first-order valence-corrected chi connectivity index (χ1v) is 9.18. The zero-order valence-electron chi connectivity index (χ0n) is 14.5. The third kappa shape index (κ3) is 3.41. The first-order chi connectivity index (χ1) is 12.1. The molecule has 1 heterocycles. The number of anilines is 1. The van der Waals surface area contributed by atoms with E-state index >= 15 is 0 Å². The van der Waals surface area contributed by atoms with E-state index in [9.17, 15) is 9.59 Å². The van der Waals surface area contributed by atoms with Gasteiger partial charge in [0.1, 0.15) is 0 Å². The maximum Gasteiger partial charge on any atom is 0.291 e. The lowest BCUT2D eigenvalue weighted by Crippen LogP contribution is -2.23. The van der Waals surface area contributed by atoms with Gasteiger partial charge < -0.3 is 5.32 Å². The molecule has 0 spiro atoms. The summed E-state index contributed by atoms with van der Waals surface area (Å²) in [5.74, 6) is 0.632. The van der Waals surface area contributed by atoms with Crippen LogP contribution in [-0.2, 0) is 16.0 Å². The number of nitrogens with one attached hydrogen (secondary N) is 1. The molecule has 3 unspecified atom stereocenters. The summed E-state index contributed by atoms with van der Waals surface area (Å²) >= 11 is 0. The highest BCUT2D eigenvalue weighted by molar-refractivity contribution is 5.96. The van der Waals surface area contributed by atoms with Crippen LogP contribution in [0.15, 0.2) is 45.6 Å². The second-order valence-corrected chi connectivity index (χ2v) is 7.46. The van der Waals surface area contributed by atoms with Crippen LogP contribution in [0.5, 0.6) is 0 Å². The van der Waals surface area contributed by atoms with E-state index < -0.39 is 0 Å². The third-order valence-corrected chi connectivity index (χ3v) is 5.53. The van der Waals surface area contributed by atoms with Crippen LogP contribution in [0.1, 0.15) is 44.6 Å². The average molecular weight is 337 g/mol. The lowest BCUT2D eigenvalue weighted by Gasteiger charge is -2.25. The van der Waals surface area contributed by atoms with E-state index in [2.05, 4.69) is 22.5 Å². The quantitative estimate of drug-likeness (QED) is 0.900.